The molecule has 0 saturated carbocycles. The Hall–Kier alpha value is -2.70. The van der Waals surface area contributed by atoms with Gasteiger partial charge in [0.2, 0.25) is 0 Å². The Morgan fingerprint density at radius 2 is 1.76 bits per heavy atom. The van der Waals surface area contributed by atoms with Crippen molar-refractivity contribution in [2.45, 2.75) is 0 Å². The molecule has 0 heterocycles. The molecule has 0 unspecified atom stereocenters. The maximum absolute atomic E-state index is 13.8. The molecular weight excluding hydrogens is 289 g/mol. The molecule has 2 rings (SSSR count). The van der Waals surface area contributed by atoms with Crippen LogP contribution in [0.4, 0.5) is 13.2 Å². The Bertz CT molecular complexity index is 729. The zero-order valence-corrected chi connectivity index (χ0v) is 10.7. The maximum Gasteiger partial charge on any atom is 0.335 e. The summed E-state index contributed by atoms with van der Waals surface area (Å²) in [7, 11) is 1.17. The van der Waals surface area contributed by atoms with Crippen LogP contribution in [-0.2, 0) is 0 Å². The number of hydrogen-bond donors (Lipinski definition) is 2. The molecule has 0 aliphatic carbocycles. The van der Waals surface area contributed by atoms with Gasteiger partial charge in [0.15, 0.2) is 29.0 Å². The number of phenols is 1. The van der Waals surface area contributed by atoms with Gasteiger partial charge in [-0.25, -0.2) is 18.0 Å². The molecular formula is C14H9F3O4. The van der Waals surface area contributed by atoms with Gasteiger partial charge in [-0.3, -0.25) is 0 Å². The summed E-state index contributed by atoms with van der Waals surface area (Å²) in [4.78, 5) is 11.0. The van der Waals surface area contributed by atoms with E-state index in [0.717, 1.165) is 18.2 Å². The van der Waals surface area contributed by atoms with Crippen LogP contribution in [0.15, 0.2) is 24.3 Å². The predicted molar refractivity (Wildman–Crippen MR) is 66.9 cm³/mol. The lowest BCUT2D eigenvalue weighted by molar-refractivity contribution is 0.0696. The fourth-order valence-electron chi connectivity index (χ4n) is 1.83. The second kappa shape index (κ2) is 5.35. The second-order valence-corrected chi connectivity index (χ2v) is 4.10. The minimum absolute atomic E-state index is 0.228. The molecule has 0 bridgehead atoms. The third-order valence-corrected chi connectivity index (χ3v) is 2.87. The normalized spacial score (nSPS) is 10.5. The first-order valence-electron chi connectivity index (χ1n) is 5.65. The third kappa shape index (κ3) is 2.49. The highest BCUT2D eigenvalue weighted by Gasteiger charge is 2.21. The van der Waals surface area contributed by atoms with Crippen molar-refractivity contribution in [1.29, 1.82) is 0 Å². The molecule has 0 fully saturated rings. The van der Waals surface area contributed by atoms with Gasteiger partial charge in [-0.05, 0) is 24.3 Å². The number of rotatable bonds is 3. The number of benzene rings is 2. The summed E-state index contributed by atoms with van der Waals surface area (Å²) in [5.74, 6) is -6.79. The summed E-state index contributed by atoms with van der Waals surface area (Å²) in [5.41, 5.74) is -1.10. The molecule has 0 amide bonds. The van der Waals surface area contributed by atoms with E-state index < -0.39 is 34.7 Å². The molecule has 7 heteroatoms. The number of carboxylic acids is 1. The van der Waals surface area contributed by atoms with Crippen LogP contribution in [-0.4, -0.2) is 23.3 Å². The molecule has 2 aromatic carbocycles. The summed E-state index contributed by atoms with van der Waals surface area (Å²) >= 11 is 0. The quantitative estimate of drug-likeness (QED) is 0.854. The van der Waals surface area contributed by atoms with E-state index in [4.69, 9.17) is 9.84 Å². The van der Waals surface area contributed by atoms with Gasteiger partial charge in [0, 0.05) is 11.1 Å². The Balaban J connectivity index is 2.77. The van der Waals surface area contributed by atoms with Gasteiger partial charge in [0.05, 0.1) is 12.7 Å². The van der Waals surface area contributed by atoms with Crippen molar-refractivity contribution in [3.63, 3.8) is 0 Å². The number of carboxylic acid groups (broad SMARTS) is 1. The standard InChI is InChI=1S/C14H9F3O4/c1-21-10-5-6(14(19)20)4-8(13(10)18)7-2-3-9(15)12(17)11(7)16/h2-5,18H,1H3,(H,19,20). The Morgan fingerprint density at radius 3 is 2.33 bits per heavy atom. The number of carbonyl (C=O) groups is 1. The molecule has 0 atom stereocenters. The lowest BCUT2D eigenvalue weighted by Gasteiger charge is -2.12. The van der Waals surface area contributed by atoms with E-state index in [2.05, 4.69) is 0 Å². The highest BCUT2D eigenvalue weighted by Crippen LogP contribution is 2.40. The van der Waals surface area contributed by atoms with Crippen LogP contribution >= 0.6 is 0 Å². The summed E-state index contributed by atoms with van der Waals surface area (Å²) in [6, 6.07) is 3.54. The fraction of sp³-hybridized carbons (Fsp3) is 0.0714. The molecule has 110 valence electrons. The highest BCUT2D eigenvalue weighted by molar-refractivity contribution is 5.92. The van der Waals surface area contributed by atoms with E-state index in [1.165, 1.54) is 7.11 Å². The van der Waals surface area contributed by atoms with Crippen molar-refractivity contribution in [3.8, 4) is 22.6 Å². The van der Waals surface area contributed by atoms with E-state index in [-0.39, 0.29) is 16.9 Å². The van der Waals surface area contributed by atoms with Gasteiger partial charge in [-0.2, -0.15) is 0 Å². The minimum Gasteiger partial charge on any atom is -0.504 e. The van der Waals surface area contributed by atoms with Gasteiger partial charge in [-0.1, -0.05) is 0 Å². The number of phenolic OH excluding ortho intramolecular Hbond substituents is 1. The average molecular weight is 298 g/mol. The minimum atomic E-state index is -1.72. The van der Waals surface area contributed by atoms with Crippen LogP contribution in [0.1, 0.15) is 10.4 Å². The zero-order valence-electron chi connectivity index (χ0n) is 10.7. The monoisotopic (exact) mass is 298 g/mol. The highest BCUT2D eigenvalue weighted by atomic mass is 19.2. The Morgan fingerprint density at radius 1 is 1.10 bits per heavy atom. The second-order valence-electron chi connectivity index (χ2n) is 4.10. The number of aromatic hydroxyl groups is 1. The molecule has 0 aromatic heterocycles. The van der Waals surface area contributed by atoms with E-state index in [1.807, 2.05) is 0 Å². The van der Waals surface area contributed by atoms with E-state index in [9.17, 15) is 23.1 Å². The van der Waals surface area contributed by atoms with Crippen LogP contribution in [0.25, 0.3) is 11.1 Å². The number of halogens is 3. The number of methoxy groups -OCH3 is 1. The molecule has 0 aliphatic rings. The van der Waals surface area contributed by atoms with E-state index in [1.54, 1.807) is 0 Å². The van der Waals surface area contributed by atoms with Crippen molar-refractivity contribution < 1.29 is 32.9 Å². The van der Waals surface area contributed by atoms with Crippen molar-refractivity contribution in [2.75, 3.05) is 7.11 Å². The molecule has 2 aromatic rings. The van der Waals surface area contributed by atoms with Crippen molar-refractivity contribution >= 4 is 5.97 Å². The van der Waals surface area contributed by atoms with Gasteiger partial charge in [0.25, 0.3) is 0 Å². The molecule has 0 aliphatic heterocycles. The van der Waals surface area contributed by atoms with Crippen LogP contribution in [0.5, 0.6) is 11.5 Å². The van der Waals surface area contributed by atoms with Gasteiger partial charge in [-0.15, -0.1) is 0 Å². The van der Waals surface area contributed by atoms with Crippen LogP contribution in [0.2, 0.25) is 0 Å². The van der Waals surface area contributed by atoms with Crippen molar-refractivity contribution in [1.82, 2.24) is 0 Å². The molecule has 0 saturated heterocycles. The maximum atomic E-state index is 13.8. The van der Waals surface area contributed by atoms with Crippen LogP contribution in [0.3, 0.4) is 0 Å². The Kier molecular flexibility index (Phi) is 3.75. The van der Waals surface area contributed by atoms with E-state index in [0.29, 0.717) is 6.07 Å². The average Bonchev–Trinajstić information content (AvgIpc) is 2.45. The van der Waals surface area contributed by atoms with Crippen molar-refractivity contribution in [2.24, 2.45) is 0 Å². The zero-order chi connectivity index (χ0) is 15.7. The largest absolute Gasteiger partial charge is 0.504 e. The molecule has 21 heavy (non-hydrogen) atoms. The topological polar surface area (TPSA) is 66.8 Å². The summed E-state index contributed by atoms with van der Waals surface area (Å²) in [6.07, 6.45) is 0. The summed E-state index contributed by atoms with van der Waals surface area (Å²) < 4.78 is 44.8. The molecule has 0 radical (unpaired) electrons. The molecule has 2 N–H and O–H groups in total. The number of ether oxygens (including phenoxy) is 1. The number of aromatic carboxylic acids is 1. The van der Waals surface area contributed by atoms with Crippen molar-refractivity contribution in [3.05, 3.63) is 47.3 Å². The van der Waals surface area contributed by atoms with Crippen LogP contribution < -0.4 is 4.74 Å². The lowest BCUT2D eigenvalue weighted by atomic mass is 10.00. The van der Waals surface area contributed by atoms with Gasteiger partial charge >= 0.3 is 5.97 Å². The smallest absolute Gasteiger partial charge is 0.335 e. The summed E-state index contributed by atoms with van der Waals surface area (Å²) in [5, 5.41) is 18.9. The van der Waals surface area contributed by atoms with E-state index >= 15 is 0 Å². The fourth-order valence-corrected chi connectivity index (χ4v) is 1.83. The first-order valence-corrected chi connectivity index (χ1v) is 5.65. The molecule has 0 spiro atoms. The van der Waals surface area contributed by atoms with Crippen LogP contribution in [0, 0.1) is 17.5 Å². The molecule has 4 nitrogen and oxygen atoms in total. The SMILES string of the molecule is COc1cc(C(=O)O)cc(-c2ccc(F)c(F)c2F)c1O. The van der Waals surface area contributed by atoms with Gasteiger partial charge < -0.3 is 14.9 Å². The predicted octanol–water partition coefficient (Wildman–Crippen LogP) is 3.18. The first-order chi connectivity index (χ1) is 9.86. The Labute approximate surface area is 117 Å². The lowest BCUT2D eigenvalue weighted by Crippen LogP contribution is -2.00. The number of hydrogen-bond acceptors (Lipinski definition) is 3. The third-order valence-electron chi connectivity index (χ3n) is 2.87. The summed E-state index contributed by atoms with van der Waals surface area (Å²) in [6.45, 7) is 0. The van der Waals surface area contributed by atoms with Gasteiger partial charge in [0.1, 0.15) is 0 Å². The first kappa shape index (κ1) is 14.7.